The van der Waals surface area contributed by atoms with Gasteiger partial charge in [-0.15, -0.1) is 0 Å². The molecule has 0 aromatic carbocycles. The molecule has 5 aliphatic rings. The second-order valence-corrected chi connectivity index (χ2v) is 8.20. The van der Waals surface area contributed by atoms with Crippen molar-refractivity contribution >= 4 is 0 Å². The fourth-order valence-corrected chi connectivity index (χ4v) is 6.06. The van der Waals surface area contributed by atoms with Gasteiger partial charge in [0.25, 0.3) is 0 Å². The van der Waals surface area contributed by atoms with Crippen molar-refractivity contribution in [3.63, 3.8) is 0 Å². The summed E-state index contributed by atoms with van der Waals surface area (Å²) in [6, 6.07) is 0. The Kier molecular flexibility index (Phi) is 2.73. The highest BCUT2D eigenvalue weighted by atomic mass is 16.5. The van der Waals surface area contributed by atoms with Crippen LogP contribution in [0.2, 0.25) is 0 Å². The molecule has 4 saturated carbocycles. The van der Waals surface area contributed by atoms with Crippen LogP contribution >= 0.6 is 0 Å². The number of rotatable bonds is 2. The summed E-state index contributed by atoms with van der Waals surface area (Å²) in [6.07, 6.45) is 10.8. The number of aromatic nitrogens is 2. The van der Waals surface area contributed by atoms with Crippen molar-refractivity contribution in [2.45, 2.75) is 62.7 Å². The smallest absolute Gasteiger partial charge is 0.231 e. The molecule has 21 heavy (non-hydrogen) atoms. The predicted molar refractivity (Wildman–Crippen MR) is 79.0 cm³/mol. The van der Waals surface area contributed by atoms with Gasteiger partial charge in [-0.05, 0) is 75.7 Å². The minimum atomic E-state index is 0.276. The molecule has 4 heteroatoms. The van der Waals surface area contributed by atoms with Crippen molar-refractivity contribution in [3.05, 3.63) is 11.7 Å². The summed E-state index contributed by atoms with van der Waals surface area (Å²) >= 11 is 0. The van der Waals surface area contributed by atoms with E-state index in [1.54, 1.807) is 0 Å². The highest BCUT2D eigenvalue weighted by Crippen LogP contribution is 2.60. The normalized spacial score (nSPS) is 45.1. The molecule has 1 aromatic rings. The maximum atomic E-state index is 5.69. The van der Waals surface area contributed by atoms with E-state index in [0.717, 1.165) is 42.6 Å². The fourth-order valence-electron chi connectivity index (χ4n) is 6.06. The van der Waals surface area contributed by atoms with E-state index in [9.17, 15) is 0 Å². The zero-order valence-corrected chi connectivity index (χ0v) is 12.7. The van der Waals surface area contributed by atoms with Crippen LogP contribution in [0.4, 0.5) is 0 Å². The molecule has 1 atom stereocenters. The van der Waals surface area contributed by atoms with Crippen LogP contribution in [-0.2, 0) is 5.41 Å². The van der Waals surface area contributed by atoms with Gasteiger partial charge in [0, 0.05) is 12.0 Å². The van der Waals surface area contributed by atoms with E-state index in [1.807, 2.05) is 0 Å². The first-order valence-corrected chi connectivity index (χ1v) is 8.85. The molecule has 0 unspecified atom stereocenters. The van der Waals surface area contributed by atoms with Gasteiger partial charge in [-0.1, -0.05) is 5.16 Å². The van der Waals surface area contributed by atoms with Gasteiger partial charge in [0.1, 0.15) is 0 Å². The number of nitrogens with zero attached hydrogens (tertiary/aromatic N) is 2. The Bertz CT molecular complexity index is 497. The van der Waals surface area contributed by atoms with Gasteiger partial charge in [0.2, 0.25) is 5.89 Å². The van der Waals surface area contributed by atoms with Crippen LogP contribution in [0.15, 0.2) is 4.52 Å². The maximum Gasteiger partial charge on any atom is 0.231 e. The largest absolute Gasteiger partial charge is 0.339 e. The van der Waals surface area contributed by atoms with Crippen molar-refractivity contribution in [2.75, 3.05) is 13.1 Å². The van der Waals surface area contributed by atoms with Gasteiger partial charge in [0.15, 0.2) is 5.82 Å². The van der Waals surface area contributed by atoms with E-state index < -0.39 is 0 Å². The summed E-state index contributed by atoms with van der Waals surface area (Å²) in [4.78, 5) is 4.91. The zero-order chi connectivity index (χ0) is 13.9. The third-order valence-electron chi connectivity index (χ3n) is 6.60. The predicted octanol–water partition coefficient (Wildman–Crippen LogP) is 3.00. The van der Waals surface area contributed by atoms with E-state index in [-0.39, 0.29) is 5.41 Å². The topological polar surface area (TPSA) is 51.0 Å². The molecule has 1 saturated heterocycles. The molecule has 114 valence electrons. The lowest BCUT2D eigenvalue weighted by Crippen LogP contribution is -2.49. The molecular weight excluding hydrogens is 262 g/mol. The Morgan fingerprint density at radius 2 is 1.76 bits per heavy atom. The molecule has 2 heterocycles. The van der Waals surface area contributed by atoms with E-state index in [2.05, 4.69) is 10.5 Å². The molecule has 4 aliphatic carbocycles. The van der Waals surface area contributed by atoms with E-state index in [1.165, 1.54) is 51.4 Å². The van der Waals surface area contributed by atoms with Gasteiger partial charge in [-0.2, -0.15) is 4.98 Å². The molecule has 1 aromatic heterocycles. The van der Waals surface area contributed by atoms with Crippen LogP contribution in [-0.4, -0.2) is 23.2 Å². The average molecular weight is 287 g/mol. The summed E-state index contributed by atoms with van der Waals surface area (Å²) in [5, 5.41) is 7.92. The SMILES string of the molecule is C1CNC[C@@H](c2nc(C34CC5CC(CC(C5)C3)C4)no2)C1. The van der Waals surface area contributed by atoms with Crippen molar-refractivity contribution in [1.82, 2.24) is 15.5 Å². The highest BCUT2D eigenvalue weighted by Gasteiger charge is 2.53. The summed E-state index contributed by atoms with van der Waals surface area (Å²) in [7, 11) is 0. The van der Waals surface area contributed by atoms with Crippen molar-refractivity contribution < 1.29 is 4.52 Å². The summed E-state index contributed by atoms with van der Waals surface area (Å²) in [5.41, 5.74) is 0.276. The maximum absolute atomic E-state index is 5.69. The monoisotopic (exact) mass is 287 g/mol. The van der Waals surface area contributed by atoms with Gasteiger partial charge in [-0.25, -0.2) is 0 Å². The number of hydrogen-bond donors (Lipinski definition) is 1. The average Bonchev–Trinajstić information content (AvgIpc) is 2.97. The molecule has 0 radical (unpaired) electrons. The molecule has 1 N–H and O–H groups in total. The number of piperidine rings is 1. The summed E-state index contributed by atoms with van der Waals surface area (Å²) in [6.45, 7) is 2.13. The molecule has 4 nitrogen and oxygen atoms in total. The van der Waals surface area contributed by atoms with E-state index >= 15 is 0 Å². The van der Waals surface area contributed by atoms with Gasteiger partial charge in [-0.3, -0.25) is 0 Å². The second kappa shape index (κ2) is 4.55. The Balaban J connectivity index is 1.44. The fraction of sp³-hybridized carbons (Fsp3) is 0.882. The van der Waals surface area contributed by atoms with Crippen LogP contribution < -0.4 is 5.32 Å². The lowest BCUT2D eigenvalue weighted by molar-refractivity contribution is -0.0103. The van der Waals surface area contributed by atoms with Crippen molar-refractivity contribution in [3.8, 4) is 0 Å². The van der Waals surface area contributed by atoms with Crippen LogP contribution in [0.5, 0.6) is 0 Å². The van der Waals surface area contributed by atoms with Crippen LogP contribution in [0.25, 0.3) is 0 Å². The first-order valence-electron chi connectivity index (χ1n) is 8.85. The Morgan fingerprint density at radius 1 is 1.05 bits per heavy atom. The molecular formula is C17H25N3O. The standard InChI is InChI=1S/C17H25N3O/c1-2-14(10-18-3-1)15-19-16(20-21-15)17-7-11-4-12(8-17)6-13(5-11)9-17/h11-14,18H,1-10H2/t11?,12?,13?,14-,17?/m0/s1. The third-order valence-corrected chi connectivity index (χ3v) is 6.60. The molecule has 6 rings (SSSR count). The molecule has 4 bridgehead atoms. The van der Waals surface area contributed by atoms with Crippen LogP contribution in [0, 0.1) is 17.8 Å². The quantitative estimate of drug-likeness (QED) is 0.908. The third kappa shape index (κ3) is 1.98. The minimum absolute atomic E-state index is 0.276. The lowest BCUT2D eigenvalue weighted by Gasteiger charge is -2.55. The number of nitrogens with one attached hydrogen (secondary N) is 1. The molecule has 0 spiro atoms. The van der Waals surface area contributed by atoms with E-state index in [4.69, 9.17) is 9.51 Å². The van der Waals surface area contributed by atoms with Crippen LogP contribution in [0.3, 0.4) is 0 Å². The van der Waals surface area contributed by atoms with Gasteiger partial charge in [0.05, 0.1) is 5.92 Å². The first kappa shape index (κ1) is 12.6. The highest BCUT2D eigenvalue weighted by molar-refractivity contribution is 5.17. The minimum Gasteiger partial charge on any atom is -0.339 e. The van der Waals surface area contributed by atoms with Crippen molar-refractivity contribution in [2.24, 2.45) is 17.8 Å². The number of hydrogen-bond acceptors (Lipinski definition) is 4. The Morgan fingerprint density at radius 3 is 2.38 bits per heavy atom. The Labute approximate surface area is 126 Å². The zero-order valence-electron chi connectivity index (χ0n) is 12.7. The first-order chi connectivity index (χ1) is 10.3. The van der Waals surface area contributed by atoms with Gasteiger partial charge >= 0.3 is 0 Å². The molecule has 5 fully saturated rings. The second-order valence-electron chi connectivity index (χ2n) is 8.20. The Hall–Kier alpha value is -0.900. The molecule has 1 aliphatic heterocycles. The lowest BCUT2D eigenvalue weighted by atomic mass is 9.49. The van der Waals surface area contributed by atoms with Crippen LogP contribution in [0.1, 0.15) is 69.0 Å². The summed E-state index contributed by atoms with van der Waals surface area (Å²) in [5.74, 6) is 5.21. The molecule has 0 amide bonds. The van der Waals surface area contributed by atoms with Gasteiger partial charge < -0.3 is 9.84 Å². The van der Waals surface area contributed by atoms with E-state index in [0.29, 0.717) is 5.92 Å². The van der Waals surface area contributed by atoms with Crippen molar-refractivity contribution in [1.29, 1.82) is 0 Å². The summed E-state index contributed by atoms with van der Waals surface area (Å²) < 4.78 is 5.69.